The van der Waals surface area contributed by atoms with E-state index in [1.165, 1.54) is 28.8 Å². The van der Waals surface area contributed by atoms with Crippen LogP contribution in [0.2, 0.25) is 0 Å². The lowest BCUT2D eigenvalue weighted by Crippen LogP contribution is -2.54. The molecule has 53 heavy (non-hydrogen) atoms. The van der Waals surface area contributed by atoms with E-state index in [0.717, 1.165) is 0 Å². The van der Waals surface area contributed by atoms with Crippen molar-refractivity contribution in [2.45, 2.75) is 49.9 Å². The monoisotopic (exact) mass is 736 g/mol. The van der Waals surface area contributed by atoms with Gasteiger partial charge in [0, 0.05) is 74.6 Å². The molecule has 0 aliphatic carbocycles. The molecule has 4 N–H and O–H groups in total. The second-order valence-corrected chi connectivity index (χ2v) is 14.2. The number of rotatable bonds is 9. The van der Waals surface area contributed by atoms with Gasteiger partial charge in [-0.15, -0.1) is 0 Å². The normalized spacial score (nSPS) is 22.5. The minimum atomic E-state index is -3.05. The number of aromatic nitrogens is 3. The van der Waals surface area contributed by atoms with Crippen LogP contribution in [-0.4, -0.2) is 118 Å². The summed E-state index contributed by atoms with van der Waals surface area (Å²) in [7, 11) is 3.09. The standard InChI is InChI=1S/C37H43F3N8O5/c1-45-18-26(25-17-41-44-34(25)36(45)52)23-15-29(38)27(31(16-23)53-2)19-46-11-13-48(14-12-46)33(50)20-47-10-9-28(37(39,40)21-47)22-3-5-24(6-4-22)42-30-7-8-32(49)43-35(30)51/h3-6,15-18,28,30,35,42,51H,7-14,19-21H2,1-2H3,(H,41,44)(H,43,49). The molecule has 2 amide bonds. The Balaban J connectivity index is 0.916. The maximum absolute atomic E-state index is 15.7. The molecule has 2 aromatic carbocycles. The van der Waals surface area contributed by atoms with E-state index in [-0.39, 0.29) is 42.9 Å². The fraction of sp³-hybridized carbons (Fsp3) is 0.459. The number of ether oxygens (including phenoxy) is 1. The summed E-state index contributed by atoms with van der Waals surface area (Å²) in [6, 6.07) is 9.53. The first-order valence-corrected chi connectivity index (χ1v) is 17.7. The zero-order valence-electron chi connectivity index (χ0n) is 29.6. The van der Waals surface area contributed by atoms with Gasteiger partial charge in [-0.3, -0.25) is 29.3 Å². The molecule has 16 heteroatoms. The molecule has 4 aromatic rings. The average Bonchev–Trinajstić information content (AvgIpc) is 3.63. The highest BCUT2D eigenvalue weighted by Crippen LogP contribution is 2.41. The zero-order valence-corrected chi connectivity index (χ0v) is 29.6. The second kappa shape index (κ2) is 14.8. The second-order valence-electron chi connectivity index (χ2n) is 14.2. The maximum Gasteiger partial charge on any atom is 0.276 e. The van der Waals surface area contributed by atoms with Crippen molar-refractivity contribution in [3.63, 3.8) is 0 Å². The highest BCUT2D eigenvalue weighted by atomic mass is 19.3. The number of nitrogens with one attached hydrogen (secondary N) is 3. The maximum atomic E-state index is 15.7. The number of anilines is 1. The predicted molar refractivity (Wildman–Crippen MR) is 191 cm³/mol. The summed E-state index contributed by atoms with van der Waals surface area (Å²) in [6.45, 7) is 1.68. The van der Waals surface area contributed by atoms with Gasteiger partial charge in [-0.25, -0.2) is 13.2 Å². The first-order valence-electron chi connectivity index (χ1n) is 17.7. The Bertz CT molecular complexity index is 2050. The first kappa shape index (κ1) is 36.4. The third-order valence-electron chi connectivity index (χ3n) is 10.7. The van der Waals surface area contributed by atoms with Crippen LogP contribution in [0.4, 0.5) is 18.9 Å². The number of halogens is 3. The summed E-state index contributed by atoms with van der Waals surface area (Å²) in [5, 5.41) is 23.0. The van der Waals surface area contributed by atoms with E-state index in [4.69, 9.17) is 4.74 Å². The number of hydrogen-bond donors (Lipinski definition) is 4. The Morgan fingerprint density at radius 1 is 1.08 bits per heavy atom. The van der Waals surface area contributed by atoms with Gasteiger partial charge >= 0.3 is 0 Å². The van der Waals surface area contributed by atoms with E-state index in [1.54, 1.807) is 48.5 Å². The molecule has 3 saturated heterocycles. The molecule has 0 saturated carbocycles. The Kier molecular flexibility index (Phi) is 10.2. The van der Waals surface area contributed by atoms with Crippen molar-refractivity contribution >= 4 is 28.4 Å². The number of likely N-dealkylation sites (tertiary alicyclic amines) is 1. The Hall–Kier alpha value is -4.93. The van der Waals surface area contributed by atoms with Crippen molar-refractivity contribution < 1.29 is 32.6 Å². The van der Waals surface area contributed by atoms with Crippen molar-refractivity contribution in [1.82, 2.24) is 34.8 Å². The van der Waals surface area contributed by atoms with Crippen LogP contribution in [-0.2, 0) is 23.2 Å². The average molecular weight is 737 g/mol. The number of aromatic amines is 1. The number of aliphatic hydroxyl groups excluding tert-OH is 1. The van der Waals surface area contributed by atoms with Gasteiger partial charge in [-0.05, 0) is 54.8 Å². The lowest BCUT2D eigenvalue weighted by Gasteiger charge is -2.40. The van der Waals surface area contributed by atoms with Crippen LogP contribution in [0.1, 0.15) is 36.3 Å². The van der Waals surface area contributed by atoms with Gasteiger partial charge in [-0.1, -0.05) is 12.1 Å². The van der Waals surface area contributed by atoms with Gasteiger partial charge in [-0.2, -0.15) is 5.10 Å². The first-order chi connectivity index (χ1) is 25.4. The van der Waals surface area contributed by atoms with E-state index in [1.807, 2.05) is 4.90 Å². The lowest BCUT2D eigenvalue weighted by molar-refractivity contribution is -0.138. The molecule has 3 fully saturated rings. The van der Waals surface area contributed by atoms with Gasteiger partial charge in [0.2, 0.25) is 11.8 Å². The summed E-state index contributed by atoms with van der Waals surface area (Å²) >= 11 is 0. The SMILES string of the molecule is COc1cc(-c2cn(C)c(=O)c3[nH]ncc23)cc(F)c1CN1CCN(C(=O)CN2CCC(c3ccc(NC4CCC(=O)NC4O)cc3)C(F)(F)C2)CC1. The van der Waals surface area contributed by atoms with Crippen LogP contribution in [0.15, 0.2) is 53.6 Å². The Morgan fingerprint density at radius 3 is 2.53 bits per heavy atom. The number of piperidine rings is 2. The smallest absolute Gasteiger partial charge is 0.276 e. The van der Waals surface area contributed by atoms with Crippen molar-refractivity contribution in [1.29, 1.82) is 0 Å². The molecular weight excluding hydrogens is 693 g/mol. The van der Waals surface area contributed by atoms with E-state index in [0.29, 0.717) is 90.2 Å². The van der Waals surface area contributed by atoms with E-state index < -0.39 is 30.4 Å². The Labute approximate surface area is 303 Å². The zero-order chi connectivity index (χ0) is 37.4. The molecule has 3 unspecified atom stereocenters. The largest absolute Gasteiger partial charge is 0.496 e. The van der Waals surface area contributed by atoms with Gasteiger partial charge in [0.05, 0.1) is 38.4 Å². The minimum Gasteiger partial charge on any atom is -0.496 e. The molecule has 2 aromatic heterocycles. The molecule has 3 atom stereocenters. The highest BCUT2D eigenvalue weighted by Gasteiger charge is 2.45. The van der Waals surface area contributed by atoms with E-state index >= 15 is 13.2 Å². The molecule has 0 spiro atoms. The molecule has 3 aliphatic rings. The number of aliphatic hydroxyl groups is 1. The molecule has 282 valence electrons. The Morgan fingerprint density at radius 2 is 1.83 bits per heavy atom. The summed E-state index contributed by atoms with van der Waals surface area (Å²) in [4.78, 5) is 42.4. The fourth-order valence-electron chi connectivity index (χ4n) is 7.67. The molecule has 3 aliphatic heterocycles. The summed E-state index contributed by atoms with van der Waals surface area (Å²) in [5.74, 6) is -4.57. The number of fused-ring (bicyclic) bond motifs is 1. The van der Waals surface area contributed by atoms with Gasteiger partial charge < -0.3 is 29.9 Å². The molecule has 0 radical (unpaired) electrons. The topological polar surface area (TPSA) is 148 Å². The van der Waals surface area contributed by atoms with Crippen LogP contribution in [0, 0.1) is 5.82 Å². The predicted octanol–water partition coefficient (Wildman–Crippen LogP) is 2.85. The number of benzene rings is 2. The van der Waals surface area contributed by atoms with Crippen LogP contribution in [0.25, 0.3) is 22.0 Å². The molecule has 7 rings (SSSR count). The summed E-state index contributed by atoms with van der Waals surface area (Å²) in [5.41, 5.74) is 2.79. The number of hydrogen-bond acceptors (Lipinski definition) is 9. The van der Waals surface area contributed by atoms with Crippen molar-refractivity contribution in [3.05, 3.63) is 76.1 Å². The van der Waals surface area contributed by atoms with Crippen molar-refractivity contribution in [3.8, 4) is 16.9 Å². The van der Waals surface area contributed by atoms with Gasteiger partial charge in [0.15, 0.2) is 0 Å². The summed E-state index contributed by atoms with van der Waals surface area (Å²) in [6.07, 6.45) is 3.10. The van der Waals surface area contributed by atoms with E-state index in [9.17, 15) is 19.5 Å². The number of H-pyrrole nitrogens is 1. The third-order valence-corrected chi connectivity index (χ3v) is 10.7. The number of amides is 2. The fourth-order valence-corrected chi connectivity index (χ4v) is 7.67. The molecular formula is C37H43F3N8O5. The van der Waals surface area contributed by atoms with Gasteiger partial charge in [0.25, 0.3) is 11.5 Å². The molecule has 13 nitrogen and oxygen atoms in total. The number of carbonyl (C=O) groups is 2. The number of piperazine rings is 1. The van der Waals surface area contributed by atoms with Crippen molar-refractivity contribution in [2.75, 3.05) is 58.2 Å². The van der Waals surface area contributed by atoms with Crippen LogP contribution < -0.4 is 20.9 Å². The highest BCUT2D eigenvalue weighted by molar-refractivity contribution is 5.93. The van der Waals surface area contributed by atoms with Crippen molar-refractivity contribution in [2.24, 2.45) is 7.05 Å². The quantitative estimate of drug-likeness (QED) is 0.204. The van der Waals surface area contributed by atoms with E-state index in [2.05, 4.69) is 20.8 Å². The van der Waals surface area contributed by atoms with Gasteiger partial charge in [0.1, 0.15) is 23.3 Å². The number of alkyl halides is 2. The third kappa shape index (κ3) is 7.61. The number of methoxy groups -OCH3 is 1. The minimum absolute atomic E-state index is 0.107. The number of carbonyl (C=O) groups excluding carboxylic acids is 2. The molecule has 0 bridgehead atoms. The van der Waals surface area contributed by atoms with Crippen LogP contribution >= 0.6 is 0 Å². The van der Waals surface area contributed by atoms with Crippen LogP contribution in [0.5, 0.6) is 5.75 Å². The number of aryl methyl sites for hydroxylation is 1. The lowest BCUT2D eigenvalue weighted by atomic mass is 9.86. The number of nitrogens with zero attached hydrogens (tertiary/aromatic N) is 5. The summed E-state index contributed by atoms with van der Waals surface area (Å²) < 4.78 is 53.7. The molecule has 5 heterocycles. The number of pyridine rings is 1. The van der Waals surface area contributed by atoms with Crippen LogP contribution in [0.3, 0.4) is 0 Å².